The van der Waals surface area contributed by atoms with Gasteiger partial charge in [-0.3, -0.25) is 0 Å². The minimum absolute atomic E-state index is 0.0977. The van der Waals surface area contributed by atoms with Crippen LogP contribution >= 0.6 is 0 Å². The van der Waals surface area contributed by atoms with Crippen molar-refractivity contribution >= 4 is 0 Å². The Labute approximate surface area is 114 Å². The van der Waals surface area contributed by atoms with Gasteiger partial charge in [0, 0.05) is 24.2 Å². The maximum absolute atomic E-state index is 8.71. The molecule has 1 aromatic rings. The second-order valence-electron chi connectivity index (χ2n) is 4.76. The second kappa shape index (κ2) is 7.18. The molecule has 0 radical (unpaired) electrons. The van der Waals surface area contributed by atoms with Crippen LogP contribution in [0.1, 0.15) is 30.4 Å². The van der Waals surface area contributed by atoms with Gasteiger partial charge >= 0.3 is 0 Å². The van der Waals surface area contributed by atoms with Gasteiger partial charge in [0.15, 0.2) is 0 Å². The Balaban J connectivity index is 2.00. The molecule has 1 saturated carbocycles. The van der Waals surface area contributed by atoms with Gasteiger partial charge in [0.05, 0.1) is 20.3 Å². The fourth-order valence-electron chi connectivity index (χ4n) is 1.81. The molecule has 0 aromatic heterocycles. The standard InChI is InChI=1S/C16H20O3/c1-18-16-8-7-13(4-2-3-9-17)10-15(16)12-19-11-14-5-6-14/h7-8,10,14,17H,3,5-6,9,11-12H2,1H3. The van der Waals surface area contributed by atoms with Crippen molar-refractivity contribution in [3.05, 3.63) is 29.3 Å². The van der Waals surface area contributed by atoms with E-state index in [9.17, 15) is 0 Å². The van der Waals surface area contributed by atoms with Crippen LogP contribution in [0.2, 0.25) is 0 Å². The van der Waals surface area contributed by atoms with Gasteiger partial charge in [-0.1, -0.05) is 11.8 Å². The normalized spacial score (nSPS) is 13.8. The highest BCUT2D eigenvalue weighted by Gasteiger charge is 2.21. The van der Waals surface area contributed by atoms with Crippen molar-refractivity contribution in [1.82, 2.24) is 0 Å². The van der Waals surface area contributed by atoms with Gasteiger partial charge in [0.25, 0.3) is 0 Å². The average Bonchev–Trinajstić information content (AvgIpc) is 3.24. The zero-order valence-corrected chi connectivity index (χ0v) is 11.3. The number of hydrogen-bond acceptors (Lipinski definition) is 3. The van der Waals surface area contributed by atoms with Gasteiger partial charge in [0.1, 0.15) is 5.75 Å². The van der Waals surface area contributed by atoms with E-state index in [1.54, 1.807) is 7.11 Å². The molecular weight excluding hydrogens is 240 g/mol. The quantitative estimate of drug-likeness (QED) is 0.798. The second-order valence-corrected chi connectivity index (χ2v) is 4.76. The maximum atomic E-state index is 8.71. The minimum atomic E-state index is 0.0977. The summed E-state index contributed by atoms with van der Waals surface area (Å²) in [5, 5.41) is 8.71. The van der Waals surface area contributed by atoms with Crippen LogP contribution in [-0.4, -0.2) is 25.4 Å². The van der Waals surface area contributed by atoms with Gasteiger partial charge in [-0.05, 0) is 37.0 Å². The van der Waals surface area contributed by atoms with E-state index in [0.717, 1.165) is 29.4 Å². The summed E-state index contributed by atoms with van der Waals surface area (Å²) in [6, 6.07) is 5.84. The SMILES string of the molecule is COc1ccc(C#CCCO)cc1COCC1CC1. The zero-order valence-electron chi connectivity index (χ0n) is 11.3. The van der Waals surface area contributed by atoms with Crippen LogP contribution in [0.5, 0.6) is 5.75 Å². The van der Waals surface area contributed by atoms with Crippen molar-refractivity contribution in [3.8, 4) is 17.6 Å². The molecule has 1 fully saturated rings. The van der Waals surface area contributed by atoms with Crippen LogP contribution < -0.4 is 4.74 Å². The van der Waals surface area contributed by atoms with Crippen molar-refractivity contribution in [2.24, 2.45) is 5.92 Å². The van der Waals surface area contributed by atoms with E-state index >= 15 is 0 Å². The fraction of sp³-hybridized carbons (Fsp3) is 0.500. The Kier molecular flexibility index (Phi) is 5.26. The summed E-state index contributed by atoms with van der Waals surface area (Å²) in [6.45, 7) is 1.50. The third kappa shape index (κ3) is 4.59. The van der Waals surface area contributed by atoms with E-state index in [2.05, 4.69) is 11.8 Å². The van der Waals surface area contributed by atoms with Crippen molar-refractivity contribution in [1.29, 1.82) is 0 Å². The summed E-state index contributed by atoms with van der Waals surface area (Å²) in [6.07, 6.45) is 3.09. The minimum Gasteiger partial charge on any atom is -0.496 e. The first-order valence-corrected chi connectivity index (χ1v) is 6.68. The summed E-state index contributed by atoms with van der Waals surface area (Å²) in [7, 11) is 1.66. The highest BCUT2D eigenvalue weighted by atomic mass is 16.5. The van der Waals surface area contributed by atoms with E-state index in [1.165, 1.54) is 12.8 Å². The number of ether oxygens (including phenoxy) is 2. The Morgan fingerprint density at radius 1 is 1.37 bits per heavy atom. The van der Waals surface area contributed by atoms with Crippen LogP contribution in [0.15, 0.2) is 18.2 Å². The van der Waals surface area contributed by atoms with E-state index in [1.807, 2.05) is 18.2 Å². The number of hydrogen-bond donors (Lipinski definition) is 1. The first-order chi connectivity index (χ1) is 9.33. The predicted molar refractivity (Wildman–Crippen MR) is 74.0 cm³/mol. The van der Waals surface area contributed by atoms with Gasteiger partial charge in [-0.15, -0.1) is 0 Å². The average molecular weight is 260 g/mol. The monoisotopic (exact) mass is 260 g/mol. The summed E-state index contributed by atoms with van der Waals surface area (Å²) in [5.74, 6) is 7.55. The smallest absolute Gasteiger partial charge is 0.124 e. The molecule has 0 unspecified atom stereocenters. The van der Waals surface area contributed by atoms with E-state index in [-0.39, 0.29) is 6.61 Å². The lowest BCUT2D eigenvalue weighted by atomic mass is 10.1. The summed E-state index contributed by atoms with van der Waals surface area (Å²) < 4.78 is 11.0. The molecule has 3 heteroatoms. The number of aliphatic hydroxyl groups excluding tert-OH is 1. The molecule has 19 heavy (non-hydrogen) atoms. The van der Waals surface area contributed by atoms with Crippen LogP contribution in [0.3, 0.4) is 0 Å². The lowest BCUT2D eigenvalue weighted by molar-refractivity contribution is 0.109. The first kappa shape index (κ1) is 13.9. The number of aliphatic hydroxyl groups is 1. The molecule has 0 bridgehead atoms. The third-order valence-electron chi connectivity index (χ3n) is 3.06. The van der Waals surface area contributed by atoms with Gasteiger partial charge in [-0.25, -0.2) is 0 Å². The van der Waals surface area contributed by atoms with Crippen molar-refractivity contribution in [2.75, 3.05) is 20.3 Å². The highest BCUT2D eigenvalue weighted by molar-refractivity contribution is 5.44. The Bertz CT molecular complexity index is 467. The molecule has 102 valence electrons. The topological polar surface area (TPSA) is 38.7 Å². The van der Waals surface area contributed by atoms with E-state index in [4.69, 9.17) is 14.6 Å². The lowest BCUT2D eigenvalue weighted by Crippen LogP contribution is -2.00. The third-order valence-corrected chi connectivity index (χ3v) is 3.06. The molecule has 0 aliphatic heterocycles. The van der Waals surface area contributed by atoms with Crippen molar-refractivity contribution < 1.29 is 14.6 Å². The van der Waals surface area contributed by atoms with Gasteiger partial charge in [-0.2, -0.15) is 0 Å². The number of rotatable bonds is 6. The van der Waals surface area contributed by atoms with Crippen molar-refractivity contribution in [2.45, 2.75) is 25.9 Å². The lowest BCUT2D eigenvalue weighted by Gasteiger charge is -2.09. The molecule has 0 amide bonds. The largest absolute Gasteiger partial charge is 0.496 e. The summed E-state index contributed by atoms with van der Waals surface area (Å²) in [4.78, 5) is 0. The van der Waals surface area contributed by atoms with Crippen LogP contribution in [-0.2, 0) is 11.3 Å². The Morgan fingerprint density at radius 3 is 2.89 bits per heavy atom. The zero-order chi connectivity index (χ0) is 13.5. The summed E-state index contributed by atoms with van der Waals surface area (Å²) in [5.41, 5.74) is 1.96. The molecular formula is C16H20O3. The van der Waals surface area contributed by atoms with Crippen LogP contribution in [0.4, 0.5) is 0 Å². The molecule has 1 aliphatic rings. The molecule has 0 atom stereocenters. The molecule has 1 aromatic carbocycles. The van der Waals surface area contributed by atoms with Crippen molar-refractivity contribution in [3.63, 3.8) is 0 Å². The summed E-state index contributed by atoms with van der Waals surface area (Å²) >= 11 is 0. The van der Waals surface area contributed by atoms with Crippen LogP contribution in [0, 0.1) is 17.8 Å². The molecule has 1 N–H and O–H groups in total. The van der Waals surface area contributed by atoms with Crippen LogP contribution in [0.25, 0.3) is 0 Å². The Hall–Kier alpha value is -1.50. The maximum Gasteiger partial charge on any atom is 0.124 e. The first-order valence-electron chi connectivity index (χ1n) is 6.68. The highest BCUT2D eigenvalue weighted by Crippen LogP contribution is 2.29. The number of benzene rings is 1. The molecule has 0 spiro atoms. The van der Waals surface area contributed by atoms with E-state index in [0.29, 0.717) is 13.0 Å². The molecule has 2 rings (SSSR count). The van der Waals surface area contributed by atoms with Gasteiger partial charge < -0.3 is 14.6 Å². The molecule has 0 heterocycles. The van der Waals surface area contributed by atoms with E-state index < -0.39 is 0 Å². The molecule has 1 aliphatic carbocycles. The molecule has 3 nitrogen and oxygen atoms in total. The fourth-order valence-corrected chi connectivity index (χ4v) is 1.81. The van der Waals surface area contributed by atoms with Gasteiger partial charge in [0.2, 0.25) is 0 Å². The predicted octanol–water partition coefficient (Wildman–Crippen LogP) is 2.36. The Morgan fingerprint density at radius 2 is 2.21 bits per heavy atom. The molecule has 0 saturated heterocycles. The number of methoxy groups -OCH3 is 1.